The van der Waals surface area contributed by atoms with Crippen LogP contribution < -0.4 is 5.32 Å². The van der Waals surface area contributed by atoms with Gasteiger partial charge in [-0.3, -0.25) is 0 Å². The first-order valence-corrected chi connectivity index (χ1v) is 8.22. The van der Waals surface area contributed by atoms with Crippen LogP contribution in [0.4, 0.5) is 0 Å². The Kier molecular flexibility index (Phi) is 7.92. The zero-order valence-corrected chi connectivity index (χ0v) is 13.0. The van der Waals surface area contributed by atoms with Gasteiger partial charge in [-0.1, -0.05) is 47.0 Å². The third-order valence-corrected chi connectivity index (χ3v) is 4.71. The monoisotopic (exact) mass is 254 g/mol. The van der Waals surface area contributed by atoms with E-state index in [2.05, 4.69) is 37.9 Å². The van der Waals surface area contributed by atoms with Gasteiger partial charge in [0.2, 0.25) is 0 Å². The van der Waals surface area contributed by atoms with E-state index in [4.69, 9.17) is 0 Å². The van der Waals surface area contributed by atoms with Crippen LogP contribution in [0, 0.1) is 5.92 Å². The Morgan fingerprint density at radius 2 is 1.83 bits per heavy atom. The second-order valence-electron chi connectivity index (χ2n) is 5.85. The molecule has 1 N–H and O–H groups in total. The van der Waals surface area contributed by atoms with Gasteiger partial charge in [0.25, 0.3) is 0 Å². The maximum atomic E-state index is 3.65. The molecule has 0 spiro atoms. The summed E-state index contributed by atoms with van der Waals surface area (Å²) in [6, 6.07) is 1.60. The molecule has 0 saturated heterocycles. The molecule has 2 atom stereocenters. The summed E-state index contributed by atoms with van der Waals surface area (Å²) in [5.74, 6) is 0.893. The molecule has 0 amide bonds. The van der Waals surface area contributed by atoms with Crippen molar-refractivity contribution in [3.05, 3.63) is 0 Å². The maximum Gasteiger partial charge on any atom is 0.0110 e. The van der Waals surface area contributed by atoms with Crippen molar-refractivity contribution in [1.29, 1.82) is 0 Å². The predicted molar refractivity (Wildman–Crippen MR) is 81.0 cm³/mol. The quantitative estimate of drug-likeness (QED) is 0.711. The van der Waals surface area contributed by atoms with Crippen LogP contribution in [-0.4, -0.2) is 36.6 Å². The first-order chi connectivity index (χ1) is 8.74. The highest BCUT2D eigenvalue weighted by Gasteiger charge is 2.26. The Morgan fingerprint density at radius 3 is 2.39 bits per heavy atom. The molecule has 0 aromatic heterocycles. The van der Waals surface area contributed by atoms with E-state index in [-0.39, 0.29) is 0 Å². The van der Waals surface area contributed by atoms with E-state index in [1.54, 1.807) is 0 Å². The summed E-state index contributed by atoms with van der Waals surface area (Å²) in [4.78, 5) is 2.75. The minimum atomic E-state index is 0.768. The number of hydrogen-bond donors (Lipinski definition) is 1. The fourth-order valence-electron chi connectivity index (χ4n) is 3.38. The zero-order chi connectivity index (χ0) is 13.4. The van der Waals surface area contributed by atoms with E-state index in [1.807, 2.05) is 0 Å². The second kappa shape index (κ2) is 8.92. The van der Waals surface area contributed by atoms with Crippen LogP contribution in [0.15, 0.2) is 0 Å². The van der Waals surface area contributed by atoms with Crippen LogP contribution in [0.3, 0.4) is 0 Å². The molecule has 0 aromatic carbocycles. The minimum Gasteiger partial charge on any atom is -0.314 e. The van der Waals surface area contributed by atoms with E-state index >= 15 is 0 Å². The summed E-state index contributed by atoms with van der Waals surface area (Å²) < 4.78 is 0. The Labute approximate surface area is 115 Å². The lowest BCUT2D eigenvalue weighted by molar-refractivity contribution is 0.123. The molecule has 1 aliphatic carbocycles. The summed E-state index contributed by atoms with van der Waals surface area (Å²) >= 11 is 0. The van der Waals surface area contributed by atoms with Gasteiger partial charge < -0.3 is 10.2 Å². The number of rotatable bonds is 8. The molecule has 0 aliphatic heterocycles. The molecule has 1 aliphatic rings. The molecule has 18 heavy (non-hydrogen) atoms. The van der Waals surface area contributed by atoms with E-state index in [1.165, 1.54) is 51.6 Å². The Bertz CT molecular complexity index is 199. The largest absolute Gasteiger partial charge is 0.314 e. The van der Waals surface area contributed by atoms with Gasteiger partial charge >= 0.3 is 0 Å². The van der Waals surface area contributed by atoms with E-state index in [0.717, 1.165) is 24.5 Å². The van der Waals surface area contributed by atoms with Crippen LogP contribution in [0.2, 0.25) is 0 Å². The fourth-order valence-corrected chi connectivity index (χ4v) is 3.38. The minimum absolute atomic E-state index is 0.768. The van der Waals surface area contributed by atoms with Crippen LogP contribution in [0.1, 0.15) is 66.2 Å². The summed E-state index contributed by atoms with van der Waals surface area (Å²) in [5, 5.41) is 3.65. The summed E-state index contributed by atoms with van der Waals surface area (Å²) in [5.41, 5.74) is 0. The van der Waals surface area contributed by atoms with Gasteiger partial charge in [0.05, 0.1) is 0 Å². The fraction of sp³-hybridized carbons (Fsp3) is 1.00. The molecule has 2 nitrogen and oxygen atoms in total. The molecule has 1 fully saturated rings. The van der Waals surface area contributed by atoms with Crippen LogP contribution in [0.25, 0.3) is 0 Å². The molecular weight excluding hydrogens is 220 g/mol. The Morgan fingerprint density at radius 1 is 1.11 bits per heavy atom. The standard InChI is InChI=1S/C16H34N2/c1-5-14(6-2)13-18(8-4)16-11-9-10-15(12-16)17-7-3/h14-17H,5-13H2,1-4H3. The molecule has 1 saturated carbocycles. The van der Waals surface area contributed by atoms with Crippen molar-refractivity contribution in [2.75, 3.05) is 19.6 Å². The molecule has 1 rings (SSSR count). The molecular formula is C16H34N2. The Balaban J connectivity index is 2.47. The lowest BCUT2D eigenvalue weighted by atomic mass is 9.89. The van der Waals surface area contributed by atoms with E-state index in [0.29, 0.717) is 0 Å². The topological polar surface area (TPSA) is 15.3 Å². The van der Waals surface area contributed by atoms with Gasteiger partial charge in [0.1, 0.15) is 0 Å². The SMILES string of the molecule is CCNC1CCCC(N(CC)CC(CC)CC)C1. The Hall–Kier alpha value is -0.0800. The van der Waals surface area contributed by atoms with Crippen molar-refractivity contribution in [2.24, 2.45) is 5.92 Å². The average Bonchev–Trinajstić information content (AvgIpc) is 2.41. The molecule has 108 valence electrons. The van der Waals surface area contributed by atoms with Crippen molar-refractivity contribution in [3.8, 4) is 0 Å². The van der Waals surface area contributed by atoms with Crippen molar-refractivity contribution < 1.29 is 0 Å². The second-order valence-corrected chi connectivity index (χ2v) is 5.85. The maximum absolute atomic E-state index is 3.65. The smallest absolute Gasteiger partial charge is 0.0110 e. The van der Waals surface area contributed by atoms with Gasteiger partial charge in [-0.2, -0.15) is 0 Å². The van der Waals surface area contributed by atoms with Crippen LogP contribution >= 0.6 is 0 Å². The van der Waals surface area contributed by atoms with Gasteiger partial charge in [0, 0.05) is 18.6 Å². The first kappa shape index (κ1) is 16.0. The molecule has 0 radical (unpaired) electrons. The van der Waals surface area contributed by atoms with Crippen molar-refractivity contribution in [1.82, 2.24) is 10.2 Å². The van der Waals surface area contributed by atoms with Crippen LogP contribution in [-0.2, 0) is 0 Å². The van der Waals surface area contributed by atoms with Gasteiger partial charge in [0.15, 0.2) is 0 Å². The van der Waals surface area contributed by atoms with E-state index in [9.17, 15) is 0 Å². The molecule has 2 heteroatoms. The highest BCUT2D eigenvalue weighted by Crippen LogP contribution is 2.24. The number of nitrogens with one attached hydrogen (secondary N) is 1. The zero-order valence-electron chi connectivity index (χ0n) is 13.0. The summed E-state index contributed by atoms with van der Waals surface area (Å²) in [6.45, 7) is 12.9. The van der Waals surface area contributed by atoms with Crippen molar-refractivity contribution in [3.63, 3.8) is 0 Å². The molecule has 0 aromatic rings. The van der Waals surface area contributed by atoms with Gasteiger partial charge in [-0.15, -0.1) is 0 Å². The highest BCUT2D eigenvalue weighted by atomic mass is 15.2. The van der Waals surface area contributed by atoms with Gasteiger partial charge in [-0.25, -0.2) is 0 Å². The van der Waals surface area contributed by atoms with E-state index < -0.39 is 0 Å². The normalized spacial score (nSPS) is 25.0. The van der Waals surface area contributed by atoms with Gasteiger partial charge in [-0.05, 0) is 38.3 Å². The lowest BCUT2D eigenvalue weighted by Crippen LogP contribution is -2.45. The summed E-state index contributed by atoms with van der Waals surface area (Å²) in [7, 11) is 0. The third-order valence-electron chi connectivity index (χ3n) is 4.71. The van der Waals surface area contributed by atoms with Crippen molar-refractivity contribution >= 4 is 0 Å². The molecule has 2 unspecified atom stereocenters. The molecule has 0 heterocycles. The number of hydrogen-bond acceptors (Lipinski definition) is 2. The number of nitrogens with zero attached hydrogens (tertiary/aromatic N) is 1. The van der Waals surface area contributed by atoms with Crippen molar-refractivity contribution in [2.45, 2.75) is 78.3 Å². The first-order valence-electron chi connectivity index (χ1n) is 8.22. The highest BCUT2D eigenvalue weighted by molar-refractivity contribution is 4.84. The summed E-state index contributed by atoms with van der Waals surface area (Å²) in [6.07, 6.45) is 8.22. The lowest BCUT2D eigenvalue weighted by Gasteiger charge is -2.38. The predicted octanol–water partition coefficient (Wildman–Crippen LogP) is 3.67. The average molecular weight is 254 g/mol. The molecule has 0 bridgehead atoms. The third kappa shape index (κ3) is 4.89. The van der Waals surface area contributed by atoms with Crippen LogP contribution in [0.5, 0.6) is 0 Å².